The highest BCUT2D eigenvalue weighted by atomic mass is 19.4. The molecule has 3 aromatic rings. The minimum atomic E-state index is -4.43. The number of halogens is 3. The van der Waals surface area contributed by atoms with Crippen molar-refractivity contribution >= 4 is 23.1 Å². The molecule has 0 fully saturated rings. The zero-order valence-corrected chi connectivity index (χ0v) is 15.4. The molecule has 0 unspecified atom stereocenters. The number of fused-ring (bicyclic) bond motifs is 1. The SMILES string of the molecule is O=C(Nc1ccc(N2CCCc3ccccc32)nc1)c1ccc(C(F)(F)F)cc1. The molecule has 0 bridgehead atoms. The van der Waals surface area contributed by atoms with E-state index in [4.69, 9.17) is 0 Å². The van der Waals surface area contributed by atoms with Gasteiger partial charge in [0.1, 0.15) is 5.82 Å². The summed E-state index contributed by atoms with van der Waals surface area (Å²) < 4.78 is 37.9. The lowest BCUT2D eigenvalue weighted by atomic mass is 10.0. The summed E-state index contributed by atoms with van der Waals surface area (Å²) >= 11 is 0. The van der Waals surface area contributed by atoms with Crippen LogP contribution in [-0.4, -0.2) is 17.4 Å². The van der Waals surface area contributed by atoms with Crippen LogP contribution in [0.2, 0.25) is 0 Å². The van der Waals surface area contributed by atoms with Crippen molar-refractivity contribution in [3.8, 4) is 0 Å². The van der Waals surface area contributed by atoms with Gasteiger partial charge in [-0.1, -0.05) is 18.2 Å². The molecule has 0 atom stereocenters. The largest absolute Gasteiger partial charge is 0.416 e. The predicted molar refractivity (Wildman–Crippen MR) is 105 cm³/mol. The average molecular weight is 397 g/mol. The van der Waals surface area contributed by atoms with E-state index in [9.17, 15) is 18.0 Å². The predicted octanol–water partition coefficient (Wildman–Crippen LogP) is 5.44. The Morgan fingerprint density at radius 1 is 1.00 bits per heavy atom. The molecule has 0 radical (unpaired) electrons. The molecule has 1 aromatic heterocycles. The van der Waals surface area contributed by atoms with Crippen molar-refractivity contribution in [3.05, 3.63) is 83.6 Å². The Bertz CT molecular complexity index is 1010. The second-order valence-electron chi connectivity index (χ2n) is 6.82. The molecule has 0 saturated heterocycles. The van der Waals surface area contributed by atoms with E-state index in [1.54, 1.807) is 12.3 Å². The highest BCUT2D eigenvalue weighted by Crippen LogP contribution is 2.32. The molecule has 4 rings (SSSR count). The van der Waals surface area contributed by atoms with E-state index >= 15 is 0 Å². The quantitative estimate of drug-likeness (QED) is 0.640. The zero-order valence-electron chi connectivity index (χ0n) is 15.4. The van der Waals surface area contributed by atoms with Gasteiger partial charge in [0.2, 0.25) is 0 Å². The van der Waals surface area contributed by atoms with Crippen LogP contribution >= 0.6 is 0 Å². The van der Waals surface area contributed by atoms with Gasteiger partial charge in [-0.15, -0.1) is 0 Å². The van der Waals surface area contributed by atoms with Gasteiger partial charge in [0, 0.05) is 17.8 Å². The van der Waals surface area contributed by atoms with Gasteiger partial charge >= 0.3 is 6.18 Å². The van der Waals surface area contributed by atoms with E-state index in [1.165, 1.54) is 5.56 Å². The van der Waals surface area contributed by atoms with Crippen molar-refractivity contribution in [3.63, 3.8) is 0 Å². The highest BCUT2D eigenvalue weighted by molar-refractivity contribution is 6.04. The number of nitrogens with zero attached hydrogens (tertiary/aromatic N) is 2. The van der Waals surface area contributed by atoms with E-state index in [1.807, 2.05) is 18.2 Å². The van der Waals surface area contributed by atoms with Gasteiger partial charge < -0.3 is 10.2 Å². The lowest BCUT2D eigenvalue weighted by molar-refractivity contribution is -0.137. The lowest BCUT2D eigenvalue weighted by Crippen LogP contribution is -2.25. The van der Waals surface area contributed by atoms with Gasteiger partial charge in [0.25, 0.3) is 5.91 Å². The molecule has 148 valence electrons. The summed E-state index contributed by atoms with van der Waals surface area (Å²) in [5, 5.41) is 2.66. The number of para-hydroxylation sites is 1. The van der Waals surface area contributed by atoms with Gasteiger partial charge in [-0.25, -0.2) is 4.98 Å². The molecule has 1 N–H and O–H groups in total. The van der Waals surface area contributed by atoms with Crippen LogP contribution in [0.4, 0.5) is 30.4 Å². The summed E-state index contributed by atoms with van der Waals surface area (Å²) in [4.78, 5) is 18.9. The molecule has 1 aliphatic heterocycles. The van der Waals surface area contributed by atoms with Gasteiger partial charge in [0.15, 0.2) is 0 Å². The van der Waals surface area contributed by atoms with Crippen LogP contribution in [0.3, 0.4) is 0 Å². The molecular weight excluding hydrogens is 379 g/mol. The van der Waals surface area contributed by atoms with E-state index in [-0.39, 0.29) is 5.56 Å². The van der Waals surface area contributed by atoms with Crippen molar-refractivity contribution in [2.75, 3.05) is 16.8 Å². The number of pyridine rings is 1. The number of amides is 1. The molecule has 29 heavy (non-hydrogen) atoms. The third-order valence-corrected chi connectivity index (χ3v) is 4.87. The summed E-state index contributed by atoms with van der Waals surface area (Å²) in [7, 11) is 0. The normalized spacial score (nSPS) is 13.7. The third-order valence-electron chi connectivity index (χ3n) is 4.87. The summed E-state index contributed by atoms with van der Waals surface area (Å²) in [6.07, 6.45) is -0.810. The van der Waals surface area contributed by atoms with Crippen LogP contribution < -0.4 is 10.2 Å². The molecule has 1 amide bonds. The molecule has 2 aromatic carbocycles. The lowest BCUT2D eigenvalue weighted by Gasteiger charge is -2.30. The first-order valence-electron chi connectivity index (χ1n) is 9.22. The second-order valence-corrected chi connectivity index (χ2v) is 6.82. The minimum absolute atomic E-state index is 0.145. The molecule has 4 nitrogen and oxygen atoms in total. The number of carbonyl (C=O) groups is 1. The van der Waals surface area contributed by atoms with Crippen molar-refractivity contribution in [1.82, 2.24) is 4.98 Å². The maximum Gasteiger partial charge on any atom is 0.416 e. The molecule has 0 spiro atoms. The first-order chi connectivity index (χ1) is 13.9. The maximum absolute atomic E-state index is 12.6. The highest BCUT2D eigenvalue weighted by Gasteiger charge is 2.30. The first kappa shape index (κ1) is 19.0. The van der Waals surface area contributed by atoms with Crippen LogP contribution in [0.1, 0.15) is 27.9 Å². The van der Waals surface area contributed by atoms with E-state index in [0.29, 0.717) is 5.69 Å². The van der Waals surface area contributed by atoms with Crippen LogP contribution in [0.15, 0.2) is 66.9 Å². The number of aromatic nitrogens is 1. The summed E-state index contributed by atoms with van der Waals surface area (Å²) in [6.45, 7) is 0.862. The molecule has 7 heteroatoms. The zero-order chi connectivity index (χ0) is 20.4. The van der Waals surface area contributed by atoms with Crippen molar-refractivity contribution in [2.45, 2.75) is 19.0 Å². The maximum atomic E-state index is 12.6. The number of hydrogen-bond donors (Lipinski definition) is 1. The smallest absolute Gasteiger partial charge is 0.326 e. The molecule has 0 saturated carbocycles. The fourth-order valence-corrected chi connectivity index (χ4v) is 3.41. The topological polar surface area (TPSA) is 45.2 Å². The van der Waals surface area contributed by atoms with Crippen LogP contribution in [-0.2, 0) is 12.6 Å². The Balaban J connectivity index is 1.47. The van der Waals surface area contributed by atoms with Gasteiger partial charge in [-0.05, 0) is 60.9 Å². The average Bonchev–Trinajstić information content (AvgIpc) is 2.73. The monoisotopic (exact) mass is 397 g/mol. The minimum Gasteiger partial charge on any atom is -0.326 e. The number of aryl methyl sites for hydroxylation is 1. The number of rotatable bonds is 3. The Morgan fingerprint density at radius 3 is 2.45 bits per heavy atom. The van der Waals surface area contributed by atoms with Crippen molar-refractivity contribution in [2.24, 2.45) is 0 Å². The molecular formula is C22H18F3N3O. The van der Waals surface area contributed by atoms with Crippen molar-refractivity contribution in [1.29, 1.82) is 0 Å². The molecule has 1 aliphatic rings. The number of nitrogens with one attached hydrogen (secondary N) is 1. The standard InChI is InChI=1S/C22H18F3N3O/c23-22(24,25)17-9-7-16(8-10-17)21(29)27-18-11-12-20(26-14-18)28-13-3-5-15-4-1-2-6-19(15)28/h1-2,4,6-12,14H,3,5,13H2,(H,27,29). The van der Waals surface area contributed by atoms with Crippen LogP contribution in [0.25, 0.3) is 0 Å². The van der Waals surface area contributed by atoms with Gasteiger partial charge in [-0.3, -0.25) is 4.79 Å². The number of hydrogen-bond acceptors (Lipinski definition) is 3. The third kappa shape index (κ3) is 4.08. The van der Waals surface area contributed by atoms with Gasteiger partial charge in [-0.2, -0.15) is 13.2 Å². The van der Waals surface area contributed by atoms with Crippen molar-refractivity contribution < 1.29 is 18.0 Å². The Hall–Kier alpha value is -3.35. The summed E-state index contributed by atoms with van der Waals surface area (Å²) in [6, 6.07) is 15.9. The summed E-state index contributed by atoms with van der Waals surface area (Å²) in [5.41, 5.74) is 2.24. The van der Waals surface area contributed by atoms with Crippen LogP contribution in [0, 0.1) is 0 Å². The Morgan fingerprint density at radius 2 is 1.76 bits per heavy atom. The molecule has 0 aliphatic carbocycles. The van der Waals surface area contributed by atoms with Gasteiger partial charge in [0.05, 0.1) is 17.4 Å². The molecule has 2 heterocycles. The van der Waals surface area contributed by atoms with E-state index in [2.05, 4.69) is 27.3 Å². The van der Waals surface area contributed by atoms with E-state index in [0.717, 1.165) is 55.2 Å². The summed E-state index contributed by atoms with van der Waals surface area (Å²) in [5.74, 6) is 0.293. The Labute approximate surface area is 166 Å². The number of anilines is 3. The number of carbonyl (C=O) groups excluding carboxylic acids is 1. The number of benzene rings is 2. The van der Waals surface area contributed by atoms with Crippen LogP contribution in [0.5, 0.6) is 0 Å². The Kier molecular flexibility index (Phi) is 4.96. The van der Waals surface area contributed by atoms with E-state index < -0.39 is 17.6 Å². The first-order valence-corrected chi connectivity index (χ1v) is 9.22. The fourth-order valence-electron chi connectivity index (χ4n) is 3.41. The second kappa shape index (κ2) is 7.58. The number of alkyl halides is 3. The fraction of sp³-hybridized carbons (Fsp3) is 0.182.